The van der Waals surface area contributed by atoms with Gasteiger partial charge in [0.05, 0.1) is 0 Å². The molecule has 0 radical (unpaired) electrons. The number of aromatic nitrogens is 1. The molecule has 2 N–H and O–H groups in total. The van der Waals surface area contributed by atoms with Gasteiger partial charge in [-0.15, -0.1) is 0 Å². The first-order valence-corrected chi connectivity index (χ1v) is 6.37. The molecule has 0 aliphatic heterocycles. The highest BCUT2D eigenvalue weighted by Crippen LogP contribution is 2.08. The van der Waals surface area contributed by atoms with E-state index in [4.69, 9.17) is 9.52 Å². The molecule has 2 unspecified atom stereocenters. The van der Waals surface area contributed by atoms with Crippen molar-refractivity contribution in [2.75, 3.05) is 18.1 Å². The minimum absolute atomic E-state index is 0.0846. The van der Waals surface area contributed by atoms with Gasteiger partial charge in [-0.25, -0.2) is 4.79 Å². The van der Waals surface area contributed by atoms with Crippen molar-refractivity contribution in [1.82, 2.24) is 4.98 Å². The SMILES string of the molecule is CC(CCNc1nc(C(=O)O)co1)S(C)=O. The number of hydrogen-bond donors (Lipinski definition) is 2. The van der Waals surface area contributed by atoms with Gasteiger partial charge in [-0.1, -0.05) is 6.92 Å². The molecule has 0 spiro atoms. The lowest BCUT2D eigenvalue weighted by molar-refractivity contribution is 0.0690. The van der Waals surface area contributed by atoms with Gasteiger partial charge in [0.1, 0.15) is 6.26 Å². The molecular formula is C9H14N2O4S. The fourth-order valence-electron chi connectivity index (χ4n) is 1.00. The number of rotatable bonds is 6. The summed E-state index contributed by atoms with van der Waals surface area (Å²) in [6.45, 7) is 2.43. The molecule has 1 heterocycles. The van der Waals surface area contributed by atoms with Gasteiger partial charge in [0.25, 0.3) is 6.01 Å². The molecule has 0 aliphatic carbocycles. The normalized spacial score (nSPS) is 14.4. The topological polar surface area (TPSA) is 92.4 Å². The summed E-state index contributed by atoms with van der Waals surface area (Å²) in [5.74, 6) is -1.13. The second kappa shape index (κ2) is 5.64. The van der Waals surface area contributed by atoms with Crippen molar-refractivity contribution in [2.45, 2.75) is 18.6 Å². The van der Waals surface area contributed by atoms with Gasteiger partial charge in [-0.05, 0) is 6.42 Å². The van der Waals surface area contributed by atoms with Gasteiger partial charge in [0, 0.05) is 28.9 Å². The van der Waals surface area contributed by atoms with Crippen molar-refractivity contribution in [3.63, 3.8) is 0 Å². The van der Waals surface area contributed by atoms with E-state index in [-0.39, 0.29) is 17.0 Å². The first kappa shape index (κ1) is 12.7. The van der Waals surface area contributed by atoms with Crippen LogP contribution in [-0.2, 0) is 10.8 Å². The predicted octanol–water partition coefficient (Wildman–Crippen LogP) is 0.942. The average molecular weight is 246 g/mol. The van der Waals surface area contributed by atoms with Gasteiger partial charge in [-0.3, -0.25) is 4.21 Å². The van der Waals surface area contributed by atoms with E-state index in [2.05, 4.69) is 10.3 Å². The van der Waals surface area contributed by atoms with Crippen LogP contribution in [0.5, 0.6) is 0 Å². The lowest BCUT2D eigenvalue weighted by Gasteiger charge is -2.07. The molecule has 2 atom stereocenters. The molecule has 0 saturated carbocycles. The molecule has 0 saturated heterocycles. The van der Waals surface area contributed by atoms with Gasteiger partial charge in [0.15, 0.2) is 5.69 Å². The maximum atomic E-state index is 11.0. The minimum Gasteiger partial charge on any atom is -0.476 e. The number of hydrogen-bond acceptors (Lipinski definition) is 5. The summed E-state index contributed by atoms with van der Waals surface area (Å²) < 4.78 is 15.9. The van der Waals surface area contributed by atoms with Crippen molar-refractivity contribution in [3.05, 3.63) is 12.0 Å². The summed E-state index contributed by atoms with van der Waals surface area (Å²) in [6, 6.07) is 0.173. The quantitative estimate of drug-likeness (QED) is 0.776. The van der Waals surface area contributed by atoms with E-state index >= 15 is 0 Å². The third kappa shape index (κ3) is 3.65. The van der Waals surface area contributed by atoms with Crippen LogP contribution in [0.3, 0.4) is 0 Å². The molecule has 0 amide bonds. The monoisotopic (exact) mass is 246 g/mol. The lowest BCUT2D eigenvalue weighted by Crippen LogP contribution is -2.15. The Morgan fingerprint density at radius 2 is 2.44 bits per heavy atom. The predicted molar refractivity (Wildman–Crippen MR) is 60.1 cm³/mol. The molecule has 1 aromatic heterocycles. The van der Waals surface area contributed by atoms with E-state index in [1.54, 1.807) is 6.26 Å². The molecule has 0 aromatic carbocycles. The van der Waals surface area contributed by atoms with Crippen LogP contribution in [0.2, 0.25) is 0 Å². The van der Waals surface area contributed by atoms with Crippen molar-refractivity contribution in [3.8, 4) is 0 Å². The average Bonchev–Trinajstić information content (AvgIpc) is 2.66. The molecule has 6 nitrogen and oxygen atoms in total. The van der Waals surface area contributed by atoms with Crippen LogP contribution in [0, 0.1) is 0 Å². The molecule has 0 fully saturated rings. The summed E-state index contributed by atoms with van der Waals surface area (Å²) >= 11 is 0. The van der Waals surface area contributed by atoms with Crippen molar-refractivity contribution >= 4 is 22.8 Å². The summed E-state index contributed by atoms with van der Waals surface area (Å²) in [5.41, 5.74) is -0.130. The Bertz CT molecular complexity index is 391. The Balaban J connectivity index is 2.37. The number of nitrogens with zero attached hydrogens (tertiary/aromatic N) is 1. The van der Waals surface area contributed by atoms with Gasteiger partial charge >= 0.3 is 5.97 Å². The Hall–Kier alpha value is -1.37. The van der Waals surface area contributed by atoms with E-state index in [9.17, 15) is 9.00 Å². The fourth-order valence-corrected chi connectivity index (χ4v) is 1.45. The lowest BCUT2D eigenvalue weighted by atomic mass is 10.3. The molecule has 16 heavy (non-hydrogen) atoms. The maximum Gasteiger partial charge on any atom is 0.357 e. The van der Waals surface area contributed by atoms with Crippen LogP contribution < -0.4 is 5.32 Å². The Morgan fingerprint density at radius 3 is 2.94 bits per heavy atom. The zero-order valence-electron chi connectivity index (χ0n) is 9.10. The zero-order chi connectivity index (χ0) is 12.1. The number of oxazole rings is 1. The summed E-state index contributed by atoms with van der Waals surface area (Å²) in [4.78, 5) is 14.2. The molecule has 0 bridgehead atoms. The summed E-state index contributed by atoms with van der Waals surface area (Å²) in [5, 5.41) is 11.5. The highest BCUT2D eigenvalue weighted by Gasteiger charge is 2.10. The van der Waals surface area contributed by atoms with Crippen molar-refractivity contribution < 1.29 is 18.5 Å². The molecular weight excluding hydrogens is 232 g/mol. The molecule has 1 aromatic rings. The third-order valence-corrected chi connectivity index (χ3v) is 3.49. The smallest absolute Gasteiger partial charge is 0.357 e. The third-order valence-electron chi connectivity index (χ3n) is 2.12. The first-order chi connectivity index (χ1) is 7.50. The molecule has 90 valence electrons. The first-order valence-electron chi connectivity index (χ1n) is 4.75. The van der Waals surface area contributed by atoms with Crippen LogP contribution in [0.4, 0.5) is 6.01 Å². The number of carboxylic acids is 1. The highest BCUT2D eigenvalue weighted by atomic mass is 32.2. The number of carboxylic acid groups (broad SMARTS) is 1. The van der Waals surface area contributed by atoms with Crippen molar-refractivity contribution in [1.29, 1.82) is 0 Å². The largest absolute Gasteiger partial charge is 0.476 e. The van der Waals surface area contributed by atoms with Gasteiger partial charge < -0.3 is 14.8 Å². The Labute approximate surface area is 95.5 Å². The van der Waals surface area contributed by atoms with E-state index in [1.807, 2.05) is 6.92 Å². The second-order valence-electron chi connectivity index (χ2n) is 3.37. The van der Waals surface area contributed by atoms with Crippen LogP contribution in [-0.4, -0.2) is 38.3 Å². The zero-order valence-corrected chi connectivity index (χ0v) is 9.91. The van der Waals surface area contributed by atoms with Crippen LogP contribution >= 0.6 is 0 Å². The number of aromatic carboxylic acids is 1. The molecule has 1 rings (SSSR count). The van der Waals surface area contributed by atoms with E-state index < -0.39 is 16.8 Å². The summed E-state index contributed by atoms with van der Waals surface area (Å²) in [7, 11) is -0.855. The fraction of sp³-hybridized carbons (Fsp3) is 0.556. The van der Waals surface area contributed by atoms with Crippen LogP contribution in [0.1, 0.15) is 23.8 Å². The number of anilines is 1. The van der Waals surface area contributed by atoms with E-state index in [1.165, 1.54) is 0 Å². The molecule has 0 aliphatic rings. The molecule has 7 heteroatoms. The Kier molecular flexibility index (Phi) is 4.48. The Morgan fingerprint density at radius 1 is 1.75 bits per heavy atom. The van der Waals surface area contributed by atoms with Crippen molar-refractivity contribution in [2.24, 2.45) is 0 Å². The second-order valence-corrected chi connectivity index (χ2v) is 5.17. The summed E-state index contributed by atoms with van der Waals surface area (Å²) in [6.07, 6.45) is 3.43. The minimum atomic E-state index is -1.13. The van der Waals surface area contributed by atoms with Gasteiger partial charge in [-0.2, -0.15) is 4.98 Å². The maximum absolute atomic E-state index is 11.0. The van der Waals surface area contributed by atoms with Gasteiger partial charge in [0.2, 0.25) is 0 Å². The highest BCUT2D eigenvalue weighted by molar-refractivity contribution is 7.84. The van der Waals surface area contributed by atoms with Crippen LogP contribution in [0.15, 0.2) is 10.7 Å². The number of carbonyl (C=O) groups is 1. The standard InChI is InChI=1S/C9H14N2O4S/c1-6(16(2)14)3-4-10-9-11-7(5-15-9)8(12)13/h5-6H,3-4H2,1-2H3,(H,10,11)(H,12,13). The van der Waals surface area contributed by atoms with Crippen LogP contribution in [0.25, 0.3) is 0 Å². The van der Waals surface area contributed by atoms with E-state index in [0.29, 0.717) is 13.0 Å². The number of nitrogens with one attached hydrogen (secondary N) is 1. The van der Waals surface area contributed by atoms with E-state index in [0.717, 1.165) is 6.26 Å².